The van der Waals surface area contributed by atoms with Crippen LogP contribution in [0.3, 0.4) is 0 Å². The van der Waals surface area contributed by atoms with Gasteiger partial charge in [-0.25, -0.2) is 19.7 Å². The van der Waals surface area contributed by atoms with Crippen molar-refractivity contribution in [2.45, 2.75) is 20.0 Å². The number of hydrogen-bond donors (Lipinski definition) is 2. The summed E-state index contributed by atoms with van der Waals surface area (Å²) in [6.45, 7) is 3.52. The third-order valence-electron chi connectivity index (χ3n) is 4.06. The number of ether oxygens (including phenoxy) is 1. The van der Waals surface area contributed by atoms with E-state index < -0.39 is 12.0 Å². The van der Waals surface area contributed by atoms with Crippen LogP contribution < -0.4 is 10.6 Å². The Bertz CT molecular complexity index is 1250. The molecule has 0 aliphatic rings. The van der Waals surface area contributed by atoms with Gasteiger partial charge in [0.1, 0.15) is 6.26 Å². The lowest BCUT2D eigenvalue weighted by molar-refractivity contribution is 0.102. The van der Waals surface area contributed by atoms with E-state index in [4.69, 9.17) is 20.8 Å². The van der Waals surface area contributed by atoms with Crippen LogP contribution in [0.15, 0.2) is 53.9 Å². The Labute approximate surface area is 181 Å². The number of imidazole rings is 1. The van der Waals surface area contributed by atoms with Gasteiger partial charge in [0.25, 0.3) is 5.91 Å². The highest BCUT2D eigenvalue weighted by Gasteiger charge is 2.14. The molecule has 0 aliphatic heterocycles. The van der Waals surface area contributed by atoms with Crippen LogP contribution in [0.4, 0.5) is 16.2 Å². The molecule has 0 spiro atoms. The molecule has 1 aromatic carbocycles. The molecule has 0 unspecified atom stereocenters. The first-order chi connectivity index (χ1) is 14.9. The zero-order valence-electron chi connectivity index (χ0n) is 16.5. The molecular formula is C20H17ClN6O4. The van der Waals surface area contributed by atoms with Crippen molar-refractivity contribution in [3.05, 3.63) is 60.2 Å². The fourth-order valence-corrected chi connectivity index (χ4v) is 2.97. The number of carbonyl (C=O) groups excluding carboxylic acids is 2. The number of benzene rings is 1. The highest BCUT2D eigenvalue weighted by Crippen LogP contribution is 2.30. The first-order valence-corrected chi connectivity index (χ1v) is 9.58. The second-order valence-electron chi connectivity index (χ2n) is 6.78. The van der Waals surface area contributed by atoms with E-state index in [-0.39, 0.29) is 11.8 Å². The Morgan fingerprint density at radius 1 is 1.16 bits per heavy atom. The smallest absolute Gasteiger partial charge is 0.411 e. The highest BCUT2D eigenvalue weighted by atomic mass is 35.5. The molecule has 158 valence electrons. The summed E-state index contributed by atoms with van der Waals surface area (Å²) in [5.41, 5.74) is 2.25. The lowest BCUT2D eigenvalue weighted by Gasteiger charge is -2.09. The van der Waals surface area contributed by atoms with Crippen molar-refractivity contribution in [1.82, 2.24) is 19.4 Å². The number of halogens is 1. The van der Waals surface area contributed by atoms with Crippen LogP contribution in [-0.2, 0) is 4.74 Å². The Morgan fingerprint density at radius 3 is 2.74 bits per heavy atom. The predicted octanol–water partition coefficient (Wildman–Crippen LogP) is 4.25. The minimum absolute atomic E-state index is 0.157. The Hall–Kier alpha value is -3.92. The second-order valence-corrected chi connectivity index (χ2v) is 7.18. The summed E-state index contributed by atoms with van der Waals surface area (Å²) < 4.78 is 11.5. The summed E-state index contributed by atoms with van der Waals surface area (Å²) in [5.74, 6) is -0.00595. The third kappa shape index (κ3) is 4.64. The standard InChI is InChI=1S/C20H17ClN6O4/c1-11(2)31-20(29)25-13-6-22-19-26-16(8-27(19)7-13)14-5-12(3-4-15(14)21)24-18(28)17-9-30-10-23-17/h3-11H,1-2H3,(H,24,28)(H,25,29). The number of amides is 2. The van der Waals surface area contributed by atoms with Crippen molar-refractivity contribution in [3.8, 4) is 11.3 Å². The molecule has 0 bridgehead atoms. The summed E-state index contributed by atoms with van der Waals surface area (Å²) in [5, 5.41) is 5.79. The topological polar surface area (TPSA) is 124 Å². The molecule has 4 aromatic rings. The Balaban J connectivity index is 1.59. The molecule has 3 aromatic heterocycles. The molecule has 0 saturated heterocycles. The second kappa shape index (κ2) is 8.44. The van der Waals surface area contributed by atoms with Crippen molar-refractivity contribution < 1.29 is 18.7 Å². The van der Waals surface area contributed by atoms with E-state index in [0.29, 0.717) is 33.4 Å². The van der Waals surface area contributed by atoms with E-state index in [0.717, 1.165) is 0 Å². The van der Waals surface area contributed by atoms with Gasteiger partial charge >= 0.3 is 6.09 Å². The van der Waals surface area contributed by atoms with Crippen LogP contribution in [0.2, 0.25) is 5.02 Å². The van der Waals surface area contributed by atoms with Gasteiger partial charge in [-0.3, -0.25) is 14.5 Å². The summed E-state index contributed by atoms with van der Waals surface area (Å²) in [6, 6.07) is 5.02. The van der Waals surface area contributed by atoms with Gasteiger partial charge < -0.3 is 14.5 Å². The van der Waals surface area contributed by atoms with Gasteiger partial charge in [0, 0.05) is 23.6 Å². The van der Waals surface area contributed by atoms with Crippen molar-refractivity contribution in [2.75, 3.05) is 10.6 Å². The number of rotatable bonds is 5. The molecule has 2 N–H and O–H groups in total. The number of carbonyl (C=O) groups is 2. The first-order valence-electron chi connectivity index (χ1n) is 9.21. The normalized spacial score (nSPS) is 11.0. The van der Waals surface area contributed by atoms with Gasteiger partial charge in [0.2, 0.25) is 5.78 Å². The van der Waals surface area contributed by atoms with Crippen molar-refractivity contribution >= 4 is 40.8 Å². The minimum Gasteiger partial charge on any atom is -0.451 e. The zero-order valence-corrected chi connectivity index (χ0v) is 17.3. The summed E-state index contributed by atoms with van der Waals surface area (Å²) in [6.07, 6.45) is 6.46. The number of fused-ring (bicyclic) bond motifs is 1. The van der Waals surface area contributed by atoms with Crippen LogP contribution in [0.25, 0.3) is 17.0 Å². The maximum atomic E-state index is 12.2. The van der Waals surface area contributed by atoms with E-state index >= 15 is 0 Å². The molecule has 0 fully saturated rings. The SMILES string of the molecule is CC(C)OC(=O)Nc1cnc2nc(-c3cc(NC(=O)c4cocn4)ccc3Cl)cn2c1. The van der Waals surface area contributed by atoms with Crippen LogP contribution in [0, 0.1) is 0 Å². The van der Waals surface area contributed by atoms with Gasteiger partial charge in [-0.1, -0.05) is 11.6 Å². The number of aromatic nitrogens is 4. The van der Waals surface area contributed by atoms with E-state index in [1.54, 1.807) is 48.8 Å². The number of nitrogens with one attached hydrogen (secondary N) is 2. The van der Waals surface area contributed by atoms with Gasteiger partial charge in [0.15, 0.2) is 12.1 Å². The van der Waals surface area contributed by atoms with Gasteiger partial charge in [0.05, 0.1) is 28.7 Å². The lowest BCUT2D eigenvalue weighted by Crippen LogP contribution is -2.18. The highest BCUT2D eigenvalue weighted by molar-refractivity contribution is 6.33. The predicted molar refractivity (Wildman–Crippen MR) is 113 cm³/mol. The molecule has 31 heavy (non-hydrogen) atoms. The minimum atomic E-state index is -0.574. The number of anilines is 2. The zero-order chi connectivity index (χ0) is 22.0. The summed E-state index contributed by atoms with van der Waals surface area (Å²) in [4.78, 5) is 36.5. The van der Waals surface area contributed by atoms with Crippen LogP contribution >= 0.6 is 11.6 Å². The number of hydrogen-bond acceptors (Lipinski definition) is 7. The molecule has 3 heterocycles. The molecular weight excluding hydrogens is 424 g/mol. The van der Waals surface area contributed by atoms with Crippen LogP contribution in [0.1, 0.15) is 24.3 Å². The van der Waals surface area contributed by atoms with Gasteiger partial charge in [-0.15, -0.1) is 0 Å². The summed E-state index contributed by atoms with van der Waals surface area (Å²) in [7, 11) is 0. The maximum absolute atomic E-state index is 12.2. The monoisotopic (exact) mass is 440 g/mol. The first kappa shape index (κ1) is 20.4. The molecule has 11 heteroatoms. The Kier molecular flexibility index (Phi) is 5.54. The average Bonchev–Trinajstić information content (AvgIpc) is 3.38. The molecule has 0 saturated carbocycles. The fraction of sp³-hybridized carbons (Fsp3) is 0.150. The largest absolute Gasteiger partial charge is 0.451 e. The van der Waals surface area contributed by atoms with Gasteiger partial charge in [-0.05, 0) is 32.0 Å². The molecule has 2 amide bonds. The number of nitrogens with zero attached hydrogens (tertiary/aromatic N) is 4. The van der Waals surface area contributed by atoms with E-state index in [9.17, 15) is 9.59 Å². The fourth-order valence-electron chi connectivity index (χ4n) is 2.76. The molecule has 10 nitrogen and oxygen atoms in total. The molecule has 4 rings (SSSR count). The molecule has 0 aliphatic carbocycles. The summed E-state index contributed by atoms with van der Waals surface area (Å²) >= 11 is 6.36. The van der Waals surface area contributed by atoms with E-state index in [2.05, 4.69) is 25.6 Å². The van der Waals surface area contributed by atoms with Crippen LogP contribution in [0.5, 0.6) is 0 Å². The van der Waals surface area contributed by atoms with E-state index in [1.807, 2.05) is 0 Å². The van der Waals surface area contributed by atoms with Gasteiger partial charge in [-0.2, -0.15) is 0 Å². The third-order valence-corrected chi connectivity index (χ3v) is 4.39. The number of oxazole rings is 1. The maximum Gasteiger partial charge on any atom is 0.411 e. The lowest BCUT2D eigenvalue weighted by atomic mass is 10.1. The van der Waals surface area contributed by atoms with Crippen molar-refractivity contribution in [2.24, 2.45) is 0 Å². The molecule has 0 atom stereocenters. The average molecular weight is 441 g/mol. The van der Waals surface area contributed by atoms with Crippen LogP contribution in [-0.4, -0.2) is 37.5 Å². The quantitative estimate of drug-likeness (QED) is 0.475. The van der Waals surface area contributed by atoms with E-state index in [1.165, 1.54) is 18.9 Å². The molecule has 0 radical (unpaired) electrons. The Morgan fingerprint density at radius 2 is 2.00 bits per heavy atom. The van der Waals surface area contributed by atoms with Crippen molar-refractivity contribution in [1.29, 1.82) is 0 Å². The van der Waals surface area contributed by atoms with Crippen molar-refractivity contribution in [3.63, 3.8) is 0 Å².